The van der Waals surface area contributed by atoms with Crippen LogP contribution in [-0.4, -0.2) is 84.1 Å². The molecule has 0 heterocycles. The van der Waals surface area contributed by atoms with Gasteiger partial charge in [0.05, 0.1) is 7.11 Å². The van der Waals surface area contributed by atoms with Gasteiger partial charge in [0.25, 0.3) is 0 Å². The molecule has 0 N–H and O–H groups in total. The maximum absolute atomic E-state index is 12.0. The van der Waals surface area contributed by atoms with Crippen molar-refractivity contribution in [3.63, 3.8) is 0 Å². The second-order valence-corrected chi connectivity index (χ2v) is 11.6. The fourth-order valence-electron chi connectivity index (χ4n) is 1.90. The van der Waals surface area contributed by atoms with Crippen molar-refractivity contribution in [1.29, 1.82) is 0 Å². The van der Waals surface area contributed by atoms with E-state index in [9.17, 15) is 24.0 Å². The van der Waals surface area contributed by atoms with E-state index in [1.807, 2.05) is 11.0 Å². The average molecular weight is 491 g/mol. The summed E-state index contributed by atoms with van der Waals surface area (Å²) in [7, 11) is 1.13. The van der Waals surface area contributed by atoms with Crippen LogP contribution < -0.4 is 0 Å². The van der Waals surface area contributed by atoms with Crippen LogP contribution in [0.3, 0.4) is 0 Å². The molecule has 0 radical (unpaired) electrons. The predicted molar refractivity (Wildman–Crippen MR) is 102 cm³/mol. The van der Waals surface area contributed by atoms with E-state index in [-0.39, 0.29) is 0 Å². The third-order valence-electron chi connectivity index (χ3n) is 3.51. The molecule has 0 aliphatic heterocycles. The molecule has 0 aromatic heterocycles. The van der Waals surface area contributed by atoms with Gasteiger partial charge in [-0.25, -0.2) is 9.59 Å². The van der Waals surface area contributed by atoms with Gasteiger partial charge in [0, 0.05) is 0 Å². The molecule has 0 saturated heterocycles. The van der Waals surface area contributed by atoms with Gasteiger partial charge in [-0.1, -0.05) is 0 Å². The fraction of sp³-hybridized carbons (Fsp3) is 0.722. The van der Waals surface area contributed by atoms with Crippen molar-refractivity contribution in [2.75, 3.05) is 7.11 Å². The second-order valence-electron chi connectivity index (χ2n) is 6.67. The number of carbonyl (C=O) groups excluding carboxylic acids is 5. The second kappa shape index (κ2) is 13.3. The molecule has 0 aromatic rings. The zero-order valence-electron chi connectivity index (χ0n) is 18.5. The van der Waals surface area contributed by atoms with E-state index in [0.717, 1.165) is 7.11 Å². The van der Waals surface area contributed by atoms with Gasteiger partial charge in [0.2, 0.25) is 0 Å². The summed E-state index contributed by atoms with van der Waals surface area (Å²) in [5.41, 5.74) is 3.85. The molecule has 0 saturated carbocycles. The molecule has 0 aromatic carbocycles. The van der Waals surface area contributed by atoms with Crippen LogP contribution in [0.25, 0.3) is 0 Å². The molecule has 0 aliphatic carbocycles. The molecule has 11 nitrogen and oxygen atoms in total. The van der Waals surface area contributed by atoms with Crippen molar-refractivity contribution in [3.8, 4) is 0 Å². The van der Waals surface area contributed by atoms with Crippen LogP contribution in [0.4, 0.5) is 0 Å². The first-order chi connectivity index (χ1) is 13.8. The molecule has 0 bridgehead atoms. The summed E-state index contributed by atoms with van der Waals surface area (Å²) in [6.07, 6.45) is -6.00. The first-order valence-corrected chi connectivity index (χ1v) is 15.2. The van der Waals surface area contributed by atoms with Crippen molar-refractivity contribution in [2.24, 2.45) is 0 Å². The predicted octanol–water partition coefficient (Wildman–Crippen LogP) is 0.542. The summed E-state index contributed by atoms with van der Waals surface area (Å²) >= 11 is -1.91. The van der Waals surface area contributed by atoms with Gasteiger partial charge < -0.3 is 9.47 Å². The number of esters is 5. The van der Waals surface area contributed by atoms with Crippen LogP contribution in [0, 0.1) is 0 Å². The Morgan fingerprint density at radius 2 is 0.800 bits per heavy atom. The topological polar surface area (TPSA) is 141 Å². The molecule has 0 spiro atoms. The Hall–Kier alpha value is -2.05. The zero-order valence-corrected chi connectivity index (χ0v) is 20.9. The van der Waals surface area contributed by atoms with Crippen LogP contribution in [0.15, 0.2) is 0 Å². The fourth-order valence-corrected chi connectivity index (χ4v) is 3.85. The zero-order chi connectivity index (χ0) is 23.6. The Balaban J connectivity index is 4.60. The molecule has 0 amide bonds. The molecule has 5 atom stereocenters. The first-order valence-electron chi connectivity index (χ1n) is 9.35. The van der Waals surface area contributed by atoms with Crippen molar-refractivity contribution in [3.05, 3.63) is 0 Å². The molecule has 0 rings (SSSR count). The molecule has 0 unspecified atom stereocenters. The van der Waals surface area contributed by atoms with Crippen LogP contribution in [0.5, 0.6) is 0 Å². The van der Waals surface area contributed by atoms with Crippen LogP contribution >= 0.6 is 0 Å². The first kappa shape index (κ1) is 27.9. The van der Waals surface area contributed by atoms with Crippen molar-refractivity contribution in [1.82, 2.24) is 0 Å². The number of rotatable bonds is 11. The monoisotopic (exact) mass is 490 g/mol. The number of ether oxygens (including phenoxy) is 5. The number of methoxy groups -OCH3 is 1. The minimum absolute atomic E-state index is 0.718. The normalized spacial score (nSPS) is 15.5. The number of hydrogen-bond donors (Lipinski definition) is 0. The summed E-state index contributed by atoms with van der Waals surface area (Å²) in [6.45, 7) is 6.55. The Bertz CT molecular complexity index is 634. The Labute approximate surface area is 181 Å². The van der Waals surface area contributed by atoms with E-state index >= 15 is 0 Å². The maximum atomic E-state index is 12.0. The molecule has 30 heavy (non-hydrogen) atoms. The van der Waals surface area contributed by atoms with Gasteiger partial charge in [-0.15, -0.1) is 0 Å². The molecular formula is C18H29GaO11. The van der Waals surface area contributed by atoms with Gasteiger partial charge in [0.1, 0.15) is 0 Å². The van der Waals surface area contributed by atoms with E-state index in [4.69, 9.17) is 22.5 Å². The third-order valence-corrected chi connectivity index (χ3v) is 5.51. The third kappa shape index (κ3) is 10.1. The molecule has 170 valence electrons. The number of carbonyl (C=O) groups is 5. The molecule has 0 aliphatic rings. The summed E-state index contributed by atoms with van der Waals surface area (Å²) < 4.78 is 29.4. The van der Waals surface area contributed by atoms with E-state index in [0.29, 0.717) is 0 Å². The van der Waals surface area contributed by atoms with Crippen LogP contribution in [-0.2, 0) is 51.2 Å². The SMILES string of the molecule is COC(=O)[C@H](C)OC(=O)[C@H](C)OC(=O)[C@H](C)OC(=O)[C@@H](C)OC(=O)[C@@H](C)[O][Ga]([CH3])[CH3]. The standard InChI is InChI=1S/C16H23O11.2CH3.Ga/c1-7(17)12(18)24-9(3)14(20)26-11(5)16(22)27-10(4)15(21)25-8(2)13(19)23-6;;;/h7-11H,1-6H3;2*1H3;/q-1;;;+1/t7-,8+,9-,10+,11+;;;/m1.../s1. The summed E-state index contributed by atoms with van der Waals surface area (Å²) in [6, 6.07) is 0. The molecular weight excluding hydrogens is 462 g/mol. The van der Waals surface area contributed by atoms with Gasteiger partial charge in [0.15, 0.2) is 6.10 Å². The van der Waals surface area contributed by atoms with E-state index in [1.54, 1.807) is 0 Å². The van der Waals surface area contributed by atoms with Crippen molar-refractivity contribution >= 4 is 46.4 Å². The van der Waals surface area contributed by atoms with E-state index in [1.165, 1.54) is 34.6 Å². The van der Waals surface area contributed by atoms with Gasteiger partial charge in [-0.3, -0.25) is 0 Å². The van der Waals surface area contributed by atoms with Gasteiger partial charge in [-0.2, -0.15) is 0 Å². The molecule has 12 heteroatoms. The number of hydrogen-bond acceptors (Lipinski definition) is 11. The summed E-state index contributed by atoms with van der Waals surface area (Å²) in [5, 5.41) is 0. The van der Waals surface area contributed by atoms with Crippen molar-refractivity contribution < 1.29 is 51.2 Å². The minimum atomic E-state index is -1.91. The van der Waals surface area contributed by atoms with Gasteiger partial charge >= 0.3 is 142 Å². The summed E-state index contributed by atoms with van der Waals surface area (Å²) in [5.74, 6) is -4.47. The Kier molecular flexibility index (Phi) is 12.4. The van der Waals surface area contributed by atoms with Crippen LogP contribution in [0.1, 0.15) is 34.6 Å². The Morgan fingerprint density at radius 3 is 1.07 bits per heavy atom. The summed E-state index contributed by atoms with van der Waals surface area (Å²) in [4.78, 5) is 59.0. The average Bonchev–Trinajstić information content (AvgIpc) is 2.65. The van der Waals surface area contributed by atoms with E-state index in [2.05, 4.69) is 4.74 Å². The van der Waals surface area contributed by atoms with Crippen molar-refractivity contribution in [2.45, 2.75) is 76.1 Å². The molecule has 0 fully saturated rings. The quantitative estimate of drug-likeness (QED) is 0.227. The van der Waals surface area contributed by atoms with Crippen LogP contribution in [0.2, 0.25) is 11.0 Å². The van der Waals surface area contributed by atoms with Gasteiger partial charge in [-0.05, 0) is 6.92 Å². The Morgan fingerprint density at radius 1 is 0.533 bits per heavy atom. The van der Waals surface area contributed by atoms with E-state index < -0.39 is 76.9 Å².